The van der Waals surface area contributed by atoms with E-state index in [4.69, 9.17) is 0 Å². The number of fused-ring (bicyclic) bond motifs is 1. The van der Waals surface area contributed by atoms with E-state index in [1.807, 2.05) is 6.07 Å². The molecular weight excluding hydrogens is 304 g/mol. The van der Waals surface area contributed by atoms with Crippen molar-refractivity contribution in [1.29, 1.82) is 0 Å². The van der Waals surface area contributed by atoms with Crippen LogP contribution < -0.4 is 10.9 Å². The van der Waals surface area contributed by atoms with Gasteiger partial charge in [-0.15, -0.1) is 0 Å². The van der Waals surface area contributed by atoms with Crippen molar-refractivity contribution in [2.75, 3.05) is 0 Å². The zero-order valence-electron chi connectivity index (χ0n) is 11.7. The molecule has 0 aliphatic rings. The van der Waals surface area contributed by atoms with Crippen LogP contribution in [0, 0.1) is 11.6 Å². The van der Waals surface area contributed by atoms with Gasteiger partial charge in [-0.25, -0.2) is 8.78 Å². The van der Waals surface area contributed by atoms with Crippen molar-refractivity contribution in [3.05, 3.63) is 71.4 Å². The molecule has 0 fully saturated rings. The quantitative estimate of drug-likeness (QED) is 0.636. The number of para-hydroxylation sites is 1. The van der Waals surface area contributed by atoms with Gasteiger partial charge >= 0.3 is 0 Å². The van der Waals surface area contributed by atoms with E-state index in [0.717, 1.165) is 17.6 Å². The average Bonchev–Trinajstić information content (AvgIpc) is 2.95. The number of amides is 2. The highest BCUT2D eigenvalue weighted by molar-refractivity contribution is 6.07. The SMILES string of the molecule is O=C(NNC(=O)c1c[nH]c2ccccc12)c1cc(F)cc(F)c1. The number of H-pyrrole nitrogens is 1. The van der Waals surface area contributed by atoms with Crippen LogP contribution in [0.15, 0.2) is 48.7 Å². The Balaban J connectivity index is 1.72. The van der Waals surface area contributed by atoms with E-state index < -0.39 is 23.4 Å². The predicted octanol–water partition coefficient (Wildman–Crippen LogP) is 2.52. The summed E-state index contributed by atoms with van der Waals surface area (Å²) in [6.07, 6.45) is 1.51. The van der Waals surface area contributed by atoms with Crippen molar-refractivity contribution < 1.29 is 18.4 Å². The molecule has 0 unspecified atom stereocenters. The highest BCUT2D eigenvalue weighted by atomic mass is 19.1. The first-order chi connectivity index (χ1) is 11.0. The van der Waals surface area contributed by atoms with E-state index in [1.165, 1.54) is 6.20 Å². The lowest BCUT2D eigenvalue weighted by molar-refractivity contribution is 0.0847. The Labute approximate surface area is 129 Å². The first-order valence-electron chi connectivity index (χ1n) is 6.67. The van der Waals surface area contributed by atoms with Crippen LogP contribution in [0.3, 0.4) is 0 Å². The fourth-order valence-electron chi connectivity index (χ4n) is 2.20. The van der Waals surface area contributed by atoms with E-state index in [1.54, 1.807) is 18.2 Å². The topological polar surface area (TPSA) is 74.0 Å². The molecule has 3 aromatic rings. The molecule has 0 aliphatic heterocycles. The zero-order chi connectivity index (χ0) is 16.4. The number of hydrogen-bond donors (Lipinski definition) is 3. The standard InChI is InChI=1S/C16H11F2N3O2/c17-10-5-9(6-11(18)7-10)15(22)20-21-16(23)13-8-19-14-4-2-1-3-12(13)14/h1-8,19H,(H,20,22)(H,21,23). The minimum absolute atomic E-state index is 0.235. The molecule has 2 amide bonds. The smallest absolute Gasteiger partial charge is 0.271 e. The van der Waals surface area contributed by atoms with Gasteiger partial charge in [-0.05, 0) is 18.2 Å². The third kappa shape index (κ3) is 3.03. The molecule has 0 aliphatic carbocycles. The third-order valence-corrected chi connectivity index (χ3v) is 3.25. The molecule has 0 atom stereocenters. The van der Waals surface area contributed by atoms with Gasteiger partial charge in [0.15, 0.2) is 0 Å². The summed E-state index contributed by atoms with van der Waals surface area (Å²) in [4.78, 5) is 26.8. The number of carbonyl (C=O) groups excluding carboxylic acids is 2. The first-order valence-corrected chi connectivity index (χ1v) is 6.67. The zero-order valence-corrected chi connectivity index (χ0v) is 11.7. The third-order valence-electron chi connectivity index (χ3n) is 3.25. The van der Waals surface area contributed by atoms with Crippen LogP contribution in [0.5, 0.6) is 0 Å². The first kappa shape index (κ1) is 14.7. The largest absolute Gasteiger partial charge is 0.360 e. The molecule has 116 valence electrons. The van der Waals surface area contributed by atoms with Gasteiger partial charge in [0, 0.05) is 28.7 Å². The summed E-state index contributed by atoms with van der Waals surface area (Å²) < 4.78 is 26.1. The number of benzene rings is 2. The van der Waals surface area contributed by atoms with Gasteiger partial charge in [-0.2, -0.15) is 0 Å². The minimum atomic E-state index is -0.877. The van der Waals surface area contributed by atoms with Crippen molar-refractivity contribution >= 4 is 22.7 Å². The van der Waals surface area contributed by atoms with Crippen molar-refractivity contribution in [2.24, 2.45) is 0 Å². The Hall–Kier alpha value is -3.22. The molecule has 0 bridgehead atoms. The van der Waals surface area contributed by atoms with E-state index >= 15 is 0 Å². The van der Waals surface area contributed by atoms with E-state index in [9.17, 15) is 18.4 Å². The summed E-state index contributed by atoms with van der Waals surface area (Å²) in [5.41, 5.74) is 5.21. The second kappa shape index (κ2) is 5.88. The van der Waals surface area contributed by atoms with Gasteiger partial charge in [-0.3, -0.25) is 20.4 Å². The van der Waals surface area contributed by atoms with Crippen molar-refractivity contribution in [3.63, 3.8) is 0 Å². The number of rotatable bonds is 2. The normalized spacial score (nSPS) is 10.5. The summed E-state index contributed by atoms with van der Waals surface area (Å²) in [5.74, 6) is -3.12. The van der Waals surface area contributed by atoms with Crippen LogP contribution in [0.2, 0.25) is 0 Å². The lowest BCUT2D eigenvalue weighted by Gasteiger charge is -2.07. The lowest BCUT2D eigenvalue weighted by Crippen LogP contribution is -2.41. The number of carbonyl (C=O) groups is 2. The molecule has 23 heavy (non-hydrogen) atoms. The van der Waals surface area contributed by atoms with Crippen LogP contribution >= 0.6 is 0 Å². The molecule has 3 N–H and O–H groups in total. The average molecular weight is 315 g/mol. The van der Waals surface area contributed by atoms with Crippen molar-refractivity contribution in [1.82, 2.24) is 15.8 Å². The Morgan fingerprint density at radius 3 is 2.30 bits per heavy atom. The van der Waals surface area contributed by atoms with E-state index in [2.05, 4.69) is 15.8 Å². The fraction of sp³-hybridized carbons (Fsp3) is 0. The Morgan fingerprint density at radius 2 is 1.57 bits per heavy atom. The number of halogens is 2. The number of hydrazine groups is 1. The Morgan fingerprint density at radius 1 is 0.913 bits per heavy atom. The second-order valence-electron chi connectivity index (χ2n) is 4.81. The Kier molecular flexibility index (Phi) is 3.76. The van der Waals surface area contributed by atoms with Gasteiger partial charge in [0.1, 0.15) is 11.6 Å². The van der Waals surface area contributed by atoms with E-state index in [-0.39, 0.29) is 5.56 Å². The highest BCUT2D eigenvalue weighted by Gasteiger charge is 2.14. The summed E-state index contributed by atoms with van der Waals surface area (Å²) in [5, 5.41) is 0.691. The molecule has 0 radical (unpaired) electrons. The maximum Gasteiger partial charge on any atom is 0.271 e. The fourth-order valence-corrected chi connectivity index (χ4v) is 2.20. The van der Waals surface area contributed by atoms with Gasteiger partial charge in [0.25, 0.3) is 11.8 Å². The molecule has 1 heterocycles. The highest BCUT2D eigenvalue weighted by Crippen LogP contribution is 2.17. The van der Waals surface area contributed by atoms with Gasteiger partial charge in [0.2, 0.25) is 0 Å². The van der Waals surface area contributed by atoms with Crippen LogP contribution in [-0.2, 0) is 0 Å². The molecule has 1 aromatic heterocycles. The van der Waals surface area contributed by atoms with Gasteiger partial charge in [0.05, 0.1) is 5.56 Å². The molecule has 7 heteroatoms. The van der Waals surface area contributed by atoms with Crippen LogP contribution in [0.4, 0.5) is 8.78 Å². The summed E-state index contributed by atoms with van der Waals surface area (Å²) >= 11 is 0. The van der Waals surface area contributed by atoms with Crippen molar-refractivity contribution in [2.45, 2.75) is 0 Å². The maximum absolute atomic E-state index is 13.1. The molecule has 3 rings (SSSR count). The van der Waals surface area contributed by atoms with Crippen LogP contribution in [0.25, 0.3) is 10.9 Å². The number of aromatic amines is 1. The Bertz CT molecular complexity index is 885. The second-order valence-corrected chi connectivity index (χ2v) is 4.81. The summed E-state index contributed by atoms with van der Waals surface area (Å²) in [6.45, 7) is 0. The van der Waals surface area contributed by atoms with Crippen LogP contribution in [0.1, 0.15) is 20.7 Å². The van der Waals surface area contributed by atoms with E-state index in [0.29, 0.717) is 17.0 Å². The molecule has 0 spiro atoms. The van der Waals surface area contributed by atoms with Gasteiger partial charge in [-0.1, -0.05) is 18.2 Å². The monoisotopic (exact) mass is 315 g/mol. The number of aromatic nitrogens is 1. The maximum atomic E-state index is 13.1. The molecule has 5 nitrogen and oxygen atoms in total. The molecule has 0 saturated carbocycles. The number of hydrogen-bond acceptors (Lipinski definition) is 2. The van der Waals surface area contributed by atoms with Gasteiger partial charge < -0.3 is 4.98 Å². The predicted molar refractivity (Wildman–Crippen MR) is 79.6 cm³/mol. The summed E-state index contributed by atoms with van der Waals surface area (Å²) in [7, 11) is 0. The number of nitrogens with one attached hydrogen (secondary N) is 3. The molecular formula is C16H11F2N3O2. The van der Waals surface area contributed by atoms with Crippen molar-refractivity contribution in [3.8, 4) is 0 Å². The molecule has 2 aromatic carbocycles. The molecule has 0 saturated heterocycles. The lowest BCUT2D eigenvalue weighted by atomic mass is 10.2. The minimum Gasteiger partial charge on any atom is -0.360 e. The van der Waals surface area contributed by atoms with Crippen LogP contribution in [-0.4, -0.2) is 16.8 Å². The summed E-state index contributed by atoms with van der Waals surface area (Å²) in [6, 6.07) is 9.56.